The summed E-state index contributed by atoms with van der Waals surface area (Å²) in [5.41, 5.74) is 1.88. The van der Waals surface area contributed by atoms with E-state index in [1.807, 2.05) is 13.0 Å². The van der Waals surface area contributed by atoms with Crippen molar-refractivity contribution in [1.82, 2.24) is 5.32 Å². The fourth-order valence-corrected chi connectivity index (χ4v) is 1.43. The number of hydrogen-bond donors (Lipinski definition) is 3. The number of rotatable bonds is 5. The van der Waals surface area contributed by atoms with Crippen molar-refractivity contribution < 1.29 is 14.7 Å². The lowest BCUT2D eigenvalue weighted by Crippen LogP contribution is -2.30. The number of anilines is 1. The molecule has 100 valence electrons. The van der Waals surface area contributed by atoms with Gasteiger partial charge in [0.15, 0.2) is 0 Å². The van der Waals surface area contributed by atoms with Gasteiger partial charge in [0.05, 0.1) is 11.6 Å². The molecule has 0 fully saturated rings. The van der Waals surface area contributed by atoms with Crippen LogP contribution in [0.4, 0.5) is 10.5 Å². The lowest BCUT2D eigenvalue weighted by Gasteiger charge is -2.09. The van der Waals surface area contributed by atoms with Crippen molar-refractivity contribution in [2.45, 2.75) is 19.8 Å². The van der Waals surface area contributed by atoms with E-state index in [0.717, 1.165) is 5.56 Å². The molecule has 2 amide bonds. The summed E-state index contributed by atoms with van der Waals surface area (Å²) in [6, 6.07) is 6.59. The van der Waals surface area contributed by atoms with E-state index in [0.29, 0.717) is 17.7 Å². The zero-order valence-corrected chi connectivity index (χ0v) is 10.6. The van der Waals surface area contributed by atoms with E-state index < -0.39 is 12.0 Å². The zero-order chi connectivity index (χ0) is 14.3. The largest absolute Gasteiger partial charge is 0.481 e. The van der Waals surface area contributed by atoms with Crippen LogP contribution in [-0.4, -0.2) is 23.7 Å². The average molecular weight is 261 g/mol. The molecule has 3 N–H and O–H groups in total. The molecule has 0 saturated heterocycles. The van der Waals surface area contributed by atoms with Gasteiger partial charge in [-0.3, -0.25) is 4.79 Å². The first-order chi connectivity index (χ1) is 9.02. The third-order valence-electron chi connectivity index (χ3n) is 2.47. The quantitative estimate of drug-likeness (QED) is 0.704. The van der Waals surface area contributed by atoms with Crippen LogP contribution in [0.25, 0.3) is 0 Å². The van der Waals surface area contributed by atoms with Crippen molar-refractivity contribution in [1.29, 1.82) is 5.26 Å². The first-order valence-corrected chi connectivity index (χ1v) is 5.80. The van der Waals surface area contributed by atoms with Crippen LogP contribution >= 0.6 is 0 Å². The van der Waals surface area contributed by atoms with Gasteiger partial charge in [0.25, 0.3) is 0 Å². The third-order valence-corrected chi connectivity index (χ3v) is 2.47. The van der Waals surface area contributed by atoms with Crippen LogP contribution in [-0.2, 0) is 4.79 Å². The number of carboxylic acid groups (broad SMARTS) is 1. The first kappa shape index (κ1) is 14.5. The molecule has 0 heterocycles. The number of amides is 2. The van der Waals surface area contributed by atoms with Gasteiger partial charge >= 0.3 is 12.0 Å². The summed E-state index contributed by atoms with van der Waals surface area (Å²) in [7, 11) is 0. The molecule has 6 heteroatoms. The molecular formula is C13H15N3O3. The minimum atomic E-state index is -0.889. The fourth-order valence-electron chi connectivity index (χ4n) is 1.43. The molecule has 0 aliphatic carbocycles. The van der Waals surface area contributed by atoms with Crippen molar-refractivity contribution in [2.75, 3.05) is 11.9 Å². The topological polar surface area (TPSA) is 102 Å². The second kappa shape index (κ2) is 7.01. The highest BCUT2D eigenvalue weighted by atomic mass is 16.4. The lowest BCUT2D eigenvalue weighted by molar-refractivity contribution is -0.137. The summed E-state index contributed by atoms with van der Waals surface area (Å²) in [5.74, 6) is -0.889. The highest BCUT2D eigenvalue weighted by Crippen LogP contribution is 2.16. The van der Waals surface area contributed by atoms with Gasteiger partial charge < -0.3 is 15.7 Å². The molecular weight excluding hydrogens is 246 g/mol. The Morgan fingerprint density at radius 1 is 1.42 bits per heavy atom. The van der Waals surface area contributed by atoms with Crippen LogP contribution < -0.4 is 10.6 Å². The van der Waals surface area contributed by atoms with Gasteiger partial charge in [-0.15, -0.1) is 0 Å². The Kier molecular flexibility index (Phi) is 5.35. The van der Waals surface area contributed by atoms with Crippen LogP contribution in [0.5, 0.6) is 0 Å². The molecule has 0 bridgehead atoms. The van der Waals surface area contributed by atoms with E-state index in [2.05, 4.69) is 10.6 Å². The number of nitrogens with one attached hydrogen (secondary N) is 2. The summed E-state index contributed by atoms with van der Waals surface area (Å²) in [5, 5.41) is 22.4. The van der Waals surface area contributed by atoms with Crippen LogP contribution in [0.3, 0.4) is 0 Å². The van der Waals surface area contributed by atoms with Gasteiger partial charge in [-0.05, 0) is 31.0 Å². The predicted octanol–water partition coefficient (Wildman–Crippen LogP) is 1.85. The molecule has 0 radical (unpaired) electrons. The molecule has 0 aliphatic heterocycles. The molecule has 0 saturated carbocycles. The van der Waals surface area contributed by atoms with Crippen LogP contribution in [0, 0.1) is 18.3 Å². The van der Waals surface area contributed by atoms with Gasteiger partial charge in [-0.25, -0.2) is 4.79 Å². The smallest absolute Gasteiger partial charge is 0.319 e. The van der Waals surface area contributed by atoms with Gasteiger partial charge in [0.1, 0.15) is 0 Å². The molecule has 6 nitrogen and oxygen atoms in total. The van der Waals surface area contributed by atoms with Crippen LogP contribution in [0.1, 0.15) is 24.0 Å². The minimum absolute atomic E-state index is 0.0171. The number of carbonyl (C=O) groups is 2. The Labute approximate surface area is 111 Å². The number of carboxylic acids is 1. The number of nitrogens with zero attached hydrogens (tertiary/aromatic N) is 1. The molecule has 1 aromatic carbocycles. The van der Waals surface area contributed by atoms with Crippen LogP contribution in [0.2, 0.25) is 0 Å². The third kappa shape index (κ3) is 5.08. The van der Waals surface area contributed by atoms with Crippen molar-refractivity contribution in [3.05, 3.63) is 29.3 Å². The van der Waals surface area contributed by atoms with Gasteiger partial charge in [-0.2, -0.15) is 5.26 Å². The molecule has 19 heavy (non-hydrogen) atoms. The van der Waals surface area contributed by atoms with Gasteiger partial charge in [0.2, 0.25) is 0 Å². The number of aliphatic carboxylic acids is 1. The van der Waals surface area contributed by atoms with E-state index in [9.17, 15) is 9.59 Å². The summed E-state index contributed by atoms with van der Waals surface area (Å²) in [4.78, 5) is 21.8. The fraction of sp³-hybridized carbons (Fsp3) is 0.308. The number of hydrogen-bond acceptors (Lipinski definition) is 3. The minimum Gasteiger partial charge on any atom is -0.481 e. The van der Waals surface area contributed by atoms with Crippen LogP contribution in [0.15, 0.2) is 18.2 Å². The normalized spacial score (nSPS) is 9.47. The summed E-state index contributed by atoms with van der Waals surface area (Å²) in [6.45, 7) is 2.11. The number of nitriles is 1. The molecule has 0 aromatic heterocycles. The maximum atomic E-state index is 11.6. The molecule has 1 rings (SSSR count). The number of benzene rings is 1. The standard InChI is InChI=1S/C13H15N3O3/c1-9-4-5-10(8-14)7-11(9)16-13(19)15-6-2-3-12(17)18/h4-5,7H,2-3,6H2,1H3,(H,17,18)(H2,15,16,19). The Bertz CT molecular complexity index is 520. The Morgan fingerprint density at radius 3 is 2.79 bits per heavy atom. The summed E-state index contributed by atoms with van der Waals surface area (Å²) in [6.07, 6.45) is 0.392. The monoisotopic (exact) mass is 261 g/mol. The maximum Gasteiger partial charge on any atom is 0.319 e. The predicted molar refractivity (Wildman–Crippen MR) is 69.8 cm³/mol. The highest BCUT2D eigenvalue weighted by Gasteiger charge is 2.05. The van der Waals surface area contributed by atoms with E-state index in [1.165, 1.54) is 0 Å². The average Bonchev–Trinajstić information content (AvgIpc) is 2.37. The Morgan fingerprint density at radius 2 is 2.16 bits per heavy atom. The van der Waals surface area contributed by atoms with E-state index in [1.54, 1.807) is 18.2 Å². The number of urea groups is 1. The van der Waals surface area contributed by atoms with Gasteiger partial charge in [0, 0.05) is 18.7 Å². The SMILES string of the molecule is Cc1ccc(C#N)cc1NC(=O)NCCCC(=O)O. The highest BCUT2D eigenvalue weighted by molar-refractivity contribution is 5.90. The zero-order valence-electron chi connectivity index (χ0n) is 10.6. The maximum absolute atomic E-state index is 11.6. The lowest BCUT2D eigenvalue weighted by atomic mass is 10.1. The first-order valence-electron chi connectivity index (χ1n) is 5.80. The van der Waals surface area contributed by atoms with Crippen molar-refractivity contribution in [3.63, 3.8) is 0 Å². The Balaban J connectivity index is 2.48. The van der Waals surface area contributed by atoms with Gasteiger partial charge in [-0.1, -0.05) is 6.07 Å². The summed E-state index contributed by atoms with van der Waals surface area (Å²) < 4.78 is 0. The molecule has 0 unspecified atom stereocenters. The molecule has 0 spiro atoms. The second-order valence-corrected chi connectivity index (χ2v) is 4.02. The number of carbonyl (C=O) groups excluding carboxylic acids is 1. The summed E-state index contributed by atoms with van der Waals surface area (Å²) >= 11 is 0. The van der Waals surface area contributed by atoms with E-state index in [4.69, 9.17) is 10.4 Å². The molecule has 1 aromatic rings. The van der Waals surface area contributed by atoms with Crippen molar-refractivity contribution in [3.8, 4) is 6.07 Å². The molecule has 0 atom stereocenters. The van der Waals surface area contributed by atoms with E-state index >= 15 is 0 Å². The number of aryl methyl sites for hydroxylation is 1. The van der Waals surface area contributed by atoms with Crippen molar-refractivity contribution >= 4 is 17.7 Å². The van der Waals surface area contributed by atoms with E-state index in [-0.39, 0.29) is 13.0 Å². The Hall–Kier alpha value is -2.55. The molecule has 0 aliphatic rings. The van der Waals surface area contributed by atoms with Crippen molar-refractivity contribution in [2.24, 2.45) is 0 Å². The second-order valence-electron chi connectivity index (χ2n) is 4.02.